The molecule has 0 aliphatic carbocycles. The summed E-state index contributed by atoms with van der Waals surface area (Å²) < 4.78 is 11.4. The Morgan fingerprint density at radius 1 is 1.19 bits per heavy atom. The second-order valence-electron chi connectivity index (χ2n) is 8.50. The van der Waals surface area contributed by atoms with E-state index >= 15 is 0 Å². The van der Waals surface area contributed by atoms with E-state index in [2.05, 4.69) is 30.4 Å². The Bertz CT molecular complexity index is 1150. The zero-order valence-corrected chi connectivity index (χ0v) is 20.3. The van der Waals surface area contributed by atoms with Crippen LogP contribution in [0.1, 0.15) is 30.3 Å². The highest BCUT2D eigenvalue weighted by molar-refractivity contribution is 6.07. The summed E-state index contributed by atoms with van der Waals surface area (Å²) in [6, 6.07) is 9.24. The predicted octanol–water partition coefficient (Wildman–Crippen LogP) is 2.43. The third-order valence-electron chi connectivity index (χ3n) is 5.77. The first kappa shape index (κ1) is 25.4. The summed E-state index contributed by atoms with van der Waals surface area (Å²) in [7, 11) is 5.34. The third kappa shape index (κ3) is 6.49. The summed E-state index contributed by atoms with van der Waals surface area (Å²) >= 11 is 0. The van der Waals surface area contributed by atoms with Crippen molar-refractivity contribution >= 4 is 31.1 Å². The highest BCUT2D eigenvalue weighted by atomic mass is 16.5. The Hall–Kier alpha value is -3.70. The van der Waals surface area contributed by atoms with E-state index in [1.807, 2.05) is 37.3 Å². The Morgan fingerprint density at radius 3 is 2.83 bits per heavy atom. The lowest BCUT2D eigenvalue weighted by Crippen LogP contribution is -2.32. The number of pyridine rings is 1. The van der Waals surface area contributed by atoms with Gasteiger partial charge in [0.25, 0.3) is 5.91 Å². The van der Waals surface area contributed by atoms with E-state index in [0.717, 1.165) is 43.8 Å². The first-order chi connectivity index (χ1) is 17.5. The van der Waals surface area contributed by atoms with Crippen molar-refractivity contribution in [3.63, 3.8) is 0 Å². The van der Waals surface area contributed by atoms with Crippen LogP contribution in [0.15, 0.2) is 48.9 Å². The summed E-state index contributed by atoms with van der Waals surface area (Å²) in [5.41, 5.74) is 8.83. The van der Waals surface area contributed by atoms with Crippen LogP contribution < -0.4 is 25.9 Å². The number of nitrogens with two attached hydrogens (primary N) is 1. The fourth-order valence-corrected chi connectivity index (χ4v) is 3.93. The molecular weight excluding hydrogens is 457 g/mol. The lowest BCUT2D eigenvalue weighted by molar-refractivity contribution is 0.102. The monoisotopic (exact) mass is 487 g/mol. The summed E-state index contributed by atoms with van der Waals surface area (Å²) in [5.74, 6) is 0.286. The van der Waals surface area contributed by atoms with Gasteiger partial charge >= 0.3 is 0 Å². The molecule has 3 aromatic rings. The van der Waals surface area contributed by atoms with E-state index < -0.39 is 5.91 Å². The Balaban J connectivity index is 1.51. The first-order valence-electron chi connectivity index (χ1n) is 12.0. The molecule has 1 fully saturated rings. The van der Waals surface area contributed by atoms with Crippen molar-refractivity contribution in [2.24, 2.45) is 0 Å². The fraction of sp³-hybridized carbons (Fsp3) is 0.360. The van der Waals surface area contributed by atoms with Gasteiger partial charge in [-0.15, -0.1) is 0 Å². The number of nitrogens with one attached hydrogen (secondary N) is 2. The van der Waals surface area contributed by atoms with Crippen molar-refractivity contribution in [2.75, 3.05) is 48.8 Å². The van der Waals surface area contributed by atoms with Crippen molar-refractivity contribution in [2.45, 2.75) is 25.9 Å². The van der Waals surface area contributed by atoms with E-state index in [4.69, 9.17) is 23.2 Å². The predicted molar refractivity (Wildman–Crippen MR) is 140 cm³/mol. The zero-order valence-electron chi connectivity index (χ0n) is 20.3. The molecule has 11 heteroatoms. The smallest absolute Gasteiger partial charge is 0.278 e. The molecule has 0 spiro atoms. The number of carbonyl (C=O) groups is 1. The molecule has 10 nitrogen and oxygen atoms in total. The summed E-state index contributed by atoms with van der Waals surface area (Å²) in [6.45, 7) is 5.44. The molecule has 1 unspecified atom stereocenters. The standard InChI is InChI=1S/C25H30BN7O3/c1-17(14-30-26)36-19-6-4-18(5-7-19)20-16-29-24(27)23(31-20)25(34)32-21-15-28-9-8-22(21)33-10-2-3-12-35-13-11-33/h4-9,15-17,30H,2-3,10-14H2,1H3,(H2,27,29)(H,32,34). The maximum Gasteiger partial charge on any atom is 0.278 e. The van der Waals surface area contributed by atoms with Crippen LogP contribution in [-0.4, -0.2) is 67.8 Å². The number of nitrogen functional groups attached to an aromatic ring is 1. The Labute approximate surface area is 212 Å². The normalized spacial score (nSPS) is 15.0. The Morgan fingerprint density at radius 2 is 2.03 bits per heavy atom. The van der Waals surface area contributed by atoms with Gasteiger partial charge in [-0.1, -0.05) is 0 Å². The number of nitrogens with zero attached hydrogens (tertiary/aromatic N) is 4. The van der Waals surface area contributed by atoms with E-state index in [-0.39, 0.29) is 17.6 Å². The number of ether oxygens (including phenoxy) is 2. The van der Waals surface area contributed by atoms with Gasteiger partial charge in [-0.05, 0) is 50.1 Å². The third-order valence-corrected chi connectivity index (χ3v) is 5.77. The van der Waals surface area contributed by atoms with Gasteiger partial charge in [0.05, 0.1) is 36.1 Å². The average molecular weight is 487 g/mol. The molecule has 0 bridgehead atoms. The number of benzene rings is 1. The van der Waals surface area contributed by atoms with Crippen molar-refractivity contribution in [1.29, 1.82) is 0 Å². The fourth-order valence-electron chi connectivity index (χ4n) is 3.93. The van der Waals surface area contributed by atoms with Crippen LogP contribution in [0.2, 0.25) is 0 Å². The second kappa shape index (κ2) is 12.3. The van der Waals surface area contributed by atoms with Crippen molar-refractivity contribution in [3.05, 3.63) is 54.6 Å². The molecule has 36 heavy (non-hydrogen) atoms. The molecule has 4 N–H and O–H groups in total. The minimum atomic E-state index is -0.456. The molecule has 1 saturated heterocycles. The van der Waals surface area contributed by atoms with E-state index in [1.54, 1.807) is 18.6 Å². The van der Waals surface area contributed by atoms with Crippen LogP contribution >= 0.6 is 0 Å². The lowest BCUT2D eigenvalue weighted by atomic mass is 10.1. The number of hydrogen-bond donors (Lipinski definition) is 3. The highest BCUT2D eigenvalue weighted by Gasteiger charge is 2.19. The van der Waals surface area contributed by atoms with Crippen LogP contribution in [0.4, 0.5) is 17.2 Å². The SMILES string of the molecule is [B]NCC(C)Oc1ccc(-c2cnc(N)c(C(=O)Nc3cnccc3N3CCCCOCC3)n2)cc1. The number of rotatable bonds is 8. The van der Waals surface area contributed by atoms with Gasteiger partial charge in [-0.25, -0.2) is 9.97 Å². The molecule has 2 aromatic heterocycles. The number of hydrogen-bond acceptors (Lipinski definition) is 9. The topological polar surface area (TPSA) is 128 Å². The van der Waals surface area contributed by atoms with E-state index in [9.17, 15) is 4.79 Å². The molecule has 3 heterocycles. The summed E-state index contributed by atoms with van der Waals surface area (Å²) in [4.78, 5) is 28.3. The second-order valence-corrected chi connectivity index (χ2v) is 8.50. The minimum absolute atomic E-state index is 0.0428. The number of amides is 1. The average Bonchev–Trinajstić information content (AvgIpc) is 2.85. The quantitative estimate of drug-likeness (QED) is 0.411. The maximum atomic E-state index is 13.2. The van der Waals surface area contributed by atoms with Crippen LogP contribution in [-0.2, 0) is 4.74 Å². The number of anilines is 3. The molecule has 1 amide bonds. The zero-order chi connectivity index (χ0) is 25.3. The van der Waals surface area contributed by atoms with Crippen LogP contribution in [0.3, 0.4) is 0 Å². The summed E-state index contributed by atoms with van der Waals surface area (Å²) in [6.07, 6.45) is 6.79. The van der Waals surface area contributed by atoms with Crippen LogP contribution in [0, 0.1) is 0 Å². The lowest BCUT2D eigenvalue weighted by Gasteiger charge is -2.28. The van der Waals surface area contributed by atoms with Gasteiger partial charge in [0.15, 0.2) is 19.5 Å². The van der Waals surface area contributed by atoms with Gasteiger partial charge in [-0.2, -0.15) is 0 Å². The molecule has 1 aliphatic heterocycles. The molecule has 186 valence electrons. The maximum absolute atomic E-state index is 13.2. The molecule has 2 radical (unpaired) electrons. The molecule has 1 atom stereocenters. The highest BCUT2D eigenvalue weighted by Crippen LogP contribution is 2.27. The van der Waals surface area contributed by atoms with Gasteiger partial charge in [0.2, 0.25) is 0 Å². The van der Waals surface area contributed by atoms with Gasteiger partial charge in [-0.3, -0.25) is 9.78 Å². The van der Waals surface area contributed by atoms with Gasteiger partial charge in [0, 0.05) is 38.0 Å². The minimum Gasteiger partial charge on any atom is -0.489 e. The first-order valence-corrected chi connectivity index (χ1v) is 12.0. The van der Waals surface area contributed by atoms with Gasteiger partial charge in [0.1, 0.15) is 11.9 Å². The number of carbonyl (C=O) groups excluding carboxylic acids is 1. The molecule has 4 rings (SSSR count). The van der Waals surface area contributed by atoms with Crippen molar-refractivity contribution in [1.82, 2.24) is 20.2 Å². The van der Waals surface area contributed by atoms with Crippen molar-refractivity contribution in [3.8, 4) is 17.0 Å². The molecule has 1 aromatic carbocycles. The molecule has 1 aliphatic rings. The van der Waals surface area contributed by atoms with Crippen LogP contribution in [0.5, 0.6) is 5.75 Å². The Kier molecular flexibility index (Phi) is 8.69. The van der Waals surface area contributed by atoms with Crippen molar-refractivity contribution < 1.29 is 14.3 Å². The molecule has 0 saturated carbocycles. The molecular formula is C25H30BN7O3. The number of aromatic nitrogens is 3. The summed E-state index contributed by atoms with van der Waals surface area (Å²) in [5, 5.41) is 5.51. The van der Waals surface area contributed by atoms with E-state index in [1.165, 1.54) is 0 Å². The van der Waals surface area contributed by atoms with Crippen LogP contribution in [0.25, 0.3) is 11.3 Å². The largest absolute Gasteiger partial charge is 0.489 e. The van der Waals surface area contributed by atoms with E-state index in [0.29, 0.717) is 30.3 Å². The van der Waals surface area contributed by atoms with Gasteiger partial charge < -0.3 is 30.7 Å².